The lowest BCUT2D eigenvalue weighted by atomic mass is 9.89. The maximum atomic E-state index is 13.1. The molecule has 4 rings (SSSR count). The molecule has 0 bridgehead atoms. The topological polar surface area (TPSA) is 91.9 Å². The van der Waals surface area contributed by atoms with Crippen LogP contribution in [0.3, 0.4) is 0 Å². The Bertz CT molecular complexity index is 848. The molecule has 0 saturated carbocycles. The van der Waals surface area contributed by atoms with Crippen LogP contribution >= 0.6 is 0 Å². The highest BCUT2D eigenvalue weighted by atomic mass is 19.4. The lowest BCUT2D eigenvalue weighted by molar-refractivity contribution is -0.192. The van der Waals surface area contributed by atoms with E-state index >= 15 is 0 Å². The molecule has 0 unspecified atom stereocenters. The normalized spacial score (nSPS) is 23.8. The van der Waals surface area contributed by atoms with Crippen molar-refractivity contribution in [3.05, 3.63) is 42.4 Å². The fraction of sp³-hybridized carbons (Fsp3) is 0.526. The first-order valence-corrected chi connectivity index (χ1v) is 9.51. The van der Waals surface area contributed by atoms with E-state index < -0.39 is 18.0 Å². The number of alkyl halides is 3. The van der Waals surface area contributed by atoms with Gasteiger partial charge in [-0.15, -0.1) is 0 Å². The highest BCUT2D eigenvalue weighted by Gasteiger charge is 2.45. The van der Waals surface area contributed by atoms with Crippen molar-refractivity contribution in [2.45, 2.75) is 31.3 Å². The van der Waals surface area contributed by atoms with Gasteiger partial charge in [0, 0.05) is 32.7 Å². The van der Waals surface area contributed by atoms with Crippen LogP contribution in [-0.4, -0.2) is 71.0 Å². The smallest absolute Gasteiger partial charge is 0.475 e. The summed E-state index contributed by atoms with van der Waals surface area (Å²) in [4.78, 5) is 21.8. The minimum atomic E-state index is -5.08. The van der Waals surface area contributed by atoms with Crippen LogP contribution in [0.5, 0.6) is 0 Å². The fourth-order valence-corrected chi connectivity index (χ4v) is 3.98. The van der Waals surface area contributed by atoms with Crippen molar-refractivity contribution >= 4 is 11.9 Å². The van der Waals surface area contributed by atoms with Gasteiger partial charge in [0.05, 0.1) is 37.3 Å². The maximum Gasteiger partial charge on any atom is 0.490 e. The number of nitrogens with zero attached hydrogens (tertiary/aromatic N) is 4. The van der Waals surface area contributed by atoms with E-state index in [1.807, 2.05) is 12.1 Å². The Kier molecular flexibility index (Phi) is 7.11. The first-order valence-electron chi connectivity index (χ1n) is 9.51. The molecule has 31 heavy (non-hydrogen) atoms. The average molecular weight is 446 g/mol. The molecule has 0 amide bonds. The molecule has 2 aromatic heterocycles. The zero-order valence-electron chi connectivity index (χ0n) is 16.6. The van der Waals surface area contributed by atoms with E-state index in [0.717, 1.165) is 38.4 Å². The molecule has 170 valence electrons. The van der Waals surface area contributed by atoms with Crippen LogP contribution in [0.4, 0.5) is 23.5 Å². The van der Waals surface area contributed by atoms with E-state index in [0.29, 0.717) is 11.9 Å². The molecule has 4 heterocycles. The van der Waals surface area contributed by atoms with Gasteiger partial charge >= 0.3 is 12.1 Å². The molecule has 8 nitrogen and oxygen atoms in total. The first-order chi connectivity index (χ1) is 14.7. The van der Waals surface area contributed by atoms with Gasteiger partial charge in [0.1, 0.15) is 5.76 Å². The molecule has 0 radical (unpaired) electrons. The average Bonchev–Trinajstić information content (AvgIpc) is 3.37. The Hall–Kier alpha value is -2.73. The van der Waals surface area contributed by atoms with Gasteiger partial charge in [-0.3, -0.25) is 4.90 Å². The van der Waals surface area contributed by atoms with E-state index in [4.69, 9.17) is 19.1 Å². The number of rotatable bonds is 4. The number of fused-ring (bicyclic) bond motifs is 1. The van der Waals surface area contributed by atoms with Gasteiger partial charge in [0.25, 0.3) is 0 Å². The summed E-state index contributed by atoms with van der Waals surface area (Å²) in [6.07, 6.45) is 0.237. The highest BCUT2D eigenvalue weighted by molar-refractivity contribution is 5.73. The number of carboxylic acid groups (broad SMARTS) is 1. The number of aromatic nitrogens is 2. The summed E-state index contributed by atoms with van der Waals surface area (Å²) in [5.74, 6) is -1.22. The molecule has 0 spiro atoms. The molecule has 2 aliphatic rings. The molecule has 2 fully saturated rings. The standard InChI is InChI=1S/C17H21FN4O2.C2HF3O2/c1-23-16-4-5-22(17-19-7-12(18)8-20-17)15-11-21(10-14(15)16)9-13-3-2-6-24-13;3-2(4,5)1(6)7/h2-3,6-8,14-16H,4-5,9-11H2,1H3;(H,6,7)/t14-,15+,16-;/m0./s1. The van der Waals surface area contributed by atoms with Crippen molar-refractivity contribution in [2.75, 3.05) is 31.6 Å². The second-order valence-corrected chi connectivity index (χ2v) is 7.27. The highest BCUT2D eigenvalue weighted by Crippen LogP contribution is 2.34. The predicted octanol–water partition coefficient (Wildman–Crippen LogP) is 2.57. The van der Waals surface area contributed by atoms with E-state index in [2.05, 4.69) is 19.8 Å². The first kappa shape index (κ1) is 22.9. The quantitative estimate of drug-likeness (QED) is 0.717. The molecule has 2 aromatic rings. The van der Waals surface area contributed by atoms with Crippen LogP contribution in [0, 0.1) is 11.7 Å². The van der Waals surface area contributed by atoms with Gasteiger partial charge in [-0.05, 0) is 18.6 Å². The summed E-state index contributed by atoms with van der Waals surface area (Å²) in [6.45, 7) is 3.45. The third-order valence-corrected chi connectivity index (χ3v) is 5.31. The van der Waals surface area contributed by atoms with Gasteiger partial charge in [0.15, 0.2) is 5.82 Å². The lowest BCUT2D eigenvalue weighted by Crippen LogP contribution is -2.52. The number of methoxy groups -OCH3 is 1. The third-order valence-electron chi connectivity index (χ3n) is 5.31. The Balaban J connectivity index is 0.000000339. The molecular formula is C19H22F4N4O4. The molecule has 2 saturated heterocycles. The number of carboxylic acids is 1. The van der Waals surface area contributed by atoms with E-state index in [1.165, 1.54) is 12.4 Å². The SMILES string of the molecule is CO[C@H]1CCN(c2ncc(F)cn2)[C@@H]2CN(Cc3ccco3)C[C@H]12.O=C(O)C(F)(F)F. The number of anilines is 1. The molecule has 3 atom stereocenters. The second-order valence-electron chi connectivity index (χ2n) is 7.27. The Morgan fingerprint density at radius 1 is 1.32 bits per heavy atom. The van der Waals surface area contributed by atoms with Crippen LogP contribution < -0.4 is 4.90 Å². The molecule has 12 heteroatoms. The zero-order valence-corrected chi connectivity index (χ0v) is 16.6. The number of likely N-dealkylation sites (tertiary alicyclic amines) is 1. The third kappa shape index (κ3) is 5.70. The van der Waals surface area contributed by atoms with E-state index in [1.54, 1.807) is 13.4 Å². The van der Waals surface area contributed by atoms with Gasteiger partial charge in [-0.1, -0.05) is 0 Å². The predicted molar refractivity (Wildman–Crippen MR) is 99.7 cm³/mol. The van der Waals surface area contributed by atoms with E-state index in [-0.39, 0.29) is 12.1 Å². The van der Waals surface area contributed by atoms with Crippen LogP contribution in [0.25, 0.3) is 0 Å². The number of halogens is 4. The van der Waals surface area contributed by atoms with Crippen molar-refractivity contribution in [1.29, 1.82) is 0 Å². The number of ether oxygens (including phenoxy) is 1. The van der Waals surface area contributed by atoms with Crippen LogP contribution in [0.15, 0.2) is 35.2 Å². The molecule has 0 aliphatic carbocycles. The van der Waals surface area contributed by atoms with Gasteiger partial charge < -0.3 is 19.2 Å². The number of hydrogen-bond acceptors (Lipinski definition) is 7. The van der Waals surface area contributed by atoms with Crippen molar-refractivity contribution in [3.63, 3.8) is 0 Å². The van der Waals surface area contributed by atoms with Crippen molar-refractivity contribution in [3.8, 4) is 0 Å². The maximum absolute atomic E-state index is 13.1. The molecule has 0 aromatic carbocycles. The Labute approximate surface area is 175 Å². The number of carbonyl (C=O) groups is 1. The number of piperidine rings is 1. The van der Waals surface area contributed by atoms with E-state index in [9.17, 15) is 17.6 Å². The van der Waals surface area contributed by atoms with Crippen LogP contribution in [0.1, 0.15) is 12.2 Å². The Morgan fingerprint density at radius 2 is 2.00 bits per heavy atom. The minimum Gasteiger partial charge on any atom is -0.475 e. The monoisotopic (exact) mass is 446 g/mol. The lowest BCUT2D eigenvalue weighted by Gasteiger charge is -2.41. The van der Waals surface area contributed by atoms with Gasteiger partial charge in [-0.2, -0.15) is 13.2 Å². The summed E-state index contributed by atoms with van der Waals surface area (Å²) in [6, 6.07) is 4.18. The molecular weight excluding hydrogens is 424 g/mol. The summed E-state index contributed by atoms with van der Waals surface area (Å²) < 4.78 is 56.1. The van der Waals surface area contributed by atoms with Crippen LogP contribution in [-0.2, 0) is 16.1 Å². The second kappa shape index (κ2) is 9.60. The molecule has 2 aliphatic heterocycles. The number of hydrogen-bond donors (Lipinski definition) is 1. The number of furan rings is 1. The zero-order chi connectivity index (χ0) is 22.6. The summed E-state index contributed by atoms with van der Waals surface area (Å²) in [5.41, 5.74) is 0. The van der Waals surface area contributed by atoms with Gasteiger partial charge in [0.2, 0.25) is 5.95 Å². The summed E-state index contributed by atoms with van der Waals surface area (Å²) >= 11 is 0. The largest absolute Gasteiger partial charge is 0.490 e. The van der Waals surface area contributed by atoms with Gasteiger partial charge in [-0.25, -0.2) is 19.2 Å². The molecule has 1 N–H and O–H groups in total. The minimum absolute atomic E-state index is 0.230. The van der Waals surface area contributed by atoms with Crippen molar-refractivity contribution in [1.82, 2.24) is 14.9 Å². The summed E-state index contributed by atoms with van der Waals surface area (Å²) in [7, 11) is 1.78. The summed E-state index contributed by atoms with van der Waals surface area (Å²) in [5, 5.41) is 7.12. The van der Waals surface area contributed by atoms with Crippen molar-refractivity contribution < 1.29 is 36.6 Å². The van der Waals surface area contributed by atoms with Crippen LogP contribution in [0.2, 0.25) is 0 Å². The fourth-order valence-electron chi connectivity index (χ4n) is 3.98. The Morgan fingerprint density at radius 3 is 2.55 bits per heavy atom. The number of aliphatic carboxylic acids is 1. The van der Waals surface area contributed by atoms with Crippen molar-refractivity contribution in [2.24, 2.45) is 5.92 Å².